The highest BCUT2D eigenvalue weighted by molar-refractivity contribution is 5.73. The van der Waals surface area contributed by atoms with Crippen molar-refractivity contribution in [3.63, 3.8) is 0 Å². The van der Waals surface area contributed by atoms with Crippen LogP contribution in [0, 0.1) is 13.8 Å². The zero-order valence-corrected chi connectivity index (χ0v) is 15.9. The quantitative estimate of drug-likeness (QED) is 0.293. The Balaban J connectivity index is 2.09. The van der Waals surface area contributed by atoms with Crippen molar-refractivity contribution in [1.29, 1.82) is 0 Å². The Morgan fingerprint density at radius 1 is 0.880 bits per heavy atom. The highest BCUT2D eigenvalue weighted by Crippen LogP contribution is 2.21. The second-order valence-corrected chi connectivity index (χ2v) is 6.51. The molecule has 0 heterocycles. The summed E-state index contributed by atoms with van der Waals surface area (Å²) >= 11 is 0. The molecule has 1 aromatic rings. The molecule has 0 saturated heterocycles. The van der Waals surface area contributed by atoms with E-state index < -0.39 is 0 Å². The lowest BCUT2D eigenvalue weighted by molar-refractivity contribution is -0.144. The number of carbonyl (C=O) groups is 2. The third-order valence-corrected chi connectivity index (χ3v) is 4.30. The van der Waals surface area contributed by atoms with Crippen molar-refractivity contribution >= 4 is 11.9 Å². The Bertz CT molecular complexity index is 537. The van der Waals surface area contributed by atoms with Crippen LogP contribution in [0.15, 0.2) is 18.2 Å². The number of esters is 2. The predicted octanol–water partition coefficient (Wildman–Crippen LogP) is 5.28. The minimum Gasteiger partial charge on any atom is -0.466 e. The molecule has 0 aliphatic rings. The molecular formula is C21H32O4. The fraction of sp³-hybridized carbons (Fsp3) is 0.619. The largest absolute Gasteiger partial charge is 0.466 e. The van der Waals surface area contributed by atoms with Crippen molar-refractivity contribution in [2.45, 2.75) is 78.6 Å². The first kappa shape index (κ1) is 21.2. The minimum absolute atomic E-state index is 0.168. The molecular weight excluding hydrogens is 316 g/mol. The Labute approximate surface area is 151 Å². The molecule has 1 rings (SSSR count). The summed E-state index contributed by atoms with van der Waals surface area (Å²) in [5.41, 5.74) is 2.08. The van der Waals surface area contributed by atoms with Gasteiger partial charge in [0, 0.05) is 12.8 Å². The number of hydrogen-bond donors (Lipinski definition) is 0. The van der Waals surface area contributed by atoms with Crippen LogP contribution in [0.25, 0.3) is 0 Å². The van der Waals surface area contributed by atoms with E-state index in [1.54, 1.807) is 6.07 Å². The van der Waals surface area contributed by atoms with Crippen LogP contribution >= 0.6 is 0 Å². The Kier molecular flexibility index (Phi) is 10.6. The fourth-order valence-corrected chi connectivity index (χ4v) is 2.51. The monoisotopic (exact) mass is 348 g/mol. The maximum absolute atomic E-state index is 11.9. The molecule has 4 heteroatoms. The predicted molar refractivity (Wildman–Crippen MR) is 99.7 cm³/mol. The molecule has 0 radical (unpaired) electrons. The molecule has 0 amide bonds. The molecule has 0 fully saturated rings. The molecule has 0 aliphatic carbocycles. The molecule has 0 saturated carbocycles. The van der Waals surface area contributed by atoms with E-state index in [1.807, 2.05) is 26.0 Å². The summed E-state index contributed by atoms with van der Waals surface area (Å²) < 4.78 is 10.6. The molecule has 0 N–H and O–H groups in total. The van der Waals surface area contributed by atoms with E-state index in [2.05, 4.69) is 6.92 Å². The molecule has 4 nitrogen and oxygen atoms in total. The second kappa shape index (κ2) is 12.5. The SMILES string of the molecule is CCCCCCCOC(=O)CCCCC(=O)Oc1cccc(C)c1C. The Morgan fingerprint density at radius 2 is 1.56 bits per heavy atom. The summed E-state index contributed by atoms with van der Waals surface area (Å²) in [5.74, 6) is 0.198. The van der Waals surface area contributed by atoms with Gasteiger partial charge in [-0.2, -0.15) is 0 Å². The van der Waals surface area contributed by atoms with E-state index in [-0.39, 0.29) is 11.9 Å². The van der Waals surface area contributed by atoms with Gasteiger partial charge in [-0.05, 0) is 50.3 Å². The van der Waals surface area contributed by atoms with E-state index in [4.69, 9.17) is 9.47 Å². The van der Waals surface area contributed by atoms with Gasteiger partial charge >= 0.3 is 11.9 Å². The van der Waals surface area contributed by atoms with Gasteiger partial charge in [0.2, 0.25) is 0 Å². The standard InChI is InChI=1S/C21H32O4/c1-4-5-6-7-10-16-24-20(22)14-8-9-15-21(23)25-19-13-11-12-17(2)18(19)3/h11-13H,4-10,14-16H2,1-3H3. The number of aryl methyl sites for hydroxylation is 1. The molecule has 0 unspecified atom stereocenters. The van der Waals surface area contributed by atoms with Crippen molar-refractivity contribution in [3.05, 3.63) is 29.3 Å². The molecule has 25 heavy (non-hydrogen) atoms. The Hall–Kier alpha value is -1.84. The van der Waals surface area contributed by atoms with Crippen molar-refractivity contribution in [2.75, 3.05) is 6.61 Å². The maximum Gasteiger partial charge on any atom is 0.311 e. The van der Waals surface area contributed by atoms with Crippen molar-refractivity contribution in [2.24, 2.45) is 0 Å². The van der Waals surface area contributed by atoms with E-state index in [1.165, 1.54) is 19.3 Å². The Morgan fingerprint density at radius 3 is 2.28 bits per heavy atom. The molecule has 0 bridgehead atoms. The minimum atomic E-state index is -0.252. The number of ether oxygens (including phenoxy) is 2. The van der Waals surface area contributed by atoms with E-state index >= 15 is 0 Å². The van der Waals surface area contributed by atoms with Crippen molar-refractivity contribution < 1.29 is 19.1 Å². The topological polar surface area (TPSA) is 52.6 Å². The van der Waals surface area contributed by atoms with E-state index in [0.717, 1.165) is 24.0 Å². The third kappa shape index (κ3) is 9.28. The van der Waals surface area contributed by atoms with E-state index in [0.29, 0.717) is 38.0 Å². The molecule has 0 aromatic heterocycles. The first-order valence-electron chi connectivity index (χ1n) is 9.47. The smallest absolute Gasteiger partial charge is 0.311 e. The summed E-state index contributed by atoms with van der Waals surface area (Å²) in [6.45, 7) is 6.62. The molecule has 0 atom stereocenters. The lowest BCUT2D eigenvalue weighted by Crippen LogP contribution is -2.10. The van der Waals surface area contributed by atoms with Gasteiger partial charge in [0.1, 0.15) is 5.75 Å². The zero-order valence-electron chi connectivity index (χ0n) is 15.9. The van der Waals surface area contributed by atoms with Gasteiger partial charge in [-0.15, -0.1) is 0 Å². The van der Waals surface area contributed by atoms with Crippen LogP contribution in [0.2, 0.25) is 0 Å². The highest BCUT2D eigenvalue weighted by Gasteiger charge is 2.09. The van der Waals surface area contributed by atoms with Gasteiger partial charge < -0.3 is 9.47 Å². The zero-order chi connectivity index (χ0) is 18.5. The van der Waals surface area contributed by atoms with Crippen LogP contribution in [0.3, 0.4) is 0 Å². The number of rotatable bonds is 12. The summed E-state index contributed by atoms with van der Waals surface area (Å²) in [5, 5.41) is 0. The molecule has 0 spiro atoms. The summed E-state index contributed by atoms with van der Waals surface area (Å²) in [6, 6.07) is 5.67. The van der Waals surface area contributed by atoms with Gasteiger partial charge in [-0.3, -0.25) is 9.59 Å². The van der Waals surface area contributed by atoms with Gasteiger partial charge in [-0.25, -0.2) is 0 Å². The van der Waals surface area contributed by atoms with Gasteiger partial charge in [0.05, 0.1) is 6.61 Å². The number of hydrogen-bond acceptors (Lipinski definition) is 4. The molecule has 140 valence electrons. The summed E-state index contributed by atoms with van der Waals surface area (Å²) in [6.07, 6.45) is 7.68. The highest BCUT2D eigenvalue weighted by atomic mass is 16.5. The number of unbranched alkanes of at least 4 members (excludes halogenated alkanes) is 5. The average Bonchev–Trinajstić information content (AvgIpc) is 2.59. The van der Waals surface area contributed by atoms with Crippen LogP contribution in [0.4, 0.5) is 0 Å². The first-order chi connectivity index (χ1) is 12.0. The van der Waals surface area contributed by atoms with Crippen molar-refractivity contribution in [1.82, 2.24) is 0 Å². The van der Waals surface area contributed by atoms with Crippen LogP contribution in [0.1, 0.15) is 75.8 Å². The normalized spacial score (nSPS) is 10.5. The van der Waals surface area contributed by atoms with Gasteiger partial charge in [-0.1, -0.05) is 44.7 Å². The van der Waals surface area contributed by atoms with Crippen LogP contribution in [0.5, 0.6) is 5.75 Å². The molecule has 0 aliphatic heterocycles. The first-order valence-corrected chi connectivity index (χ1v) is 9.47. The average molecular weight is 348 g/mol. The van der Waals surface area contributed by atoms with Gasteiger partial charge in [0.15, 0.2) is 0 Å². The van der Waals surface area contributed by atoms with Crippen molar-refractivity contribution in [3.8, 4) is 5.75 Å². The summed E-state index contributed by atoms with van der Waals surface area (Å²) in [7, 11) is 0. The lowest BCUT2D eigenvalue weighted by Gasteiger charge is -2.09. The van der Waals surface area contributed by atoms with E-state index in [9.17, 15) is 9.59 Å². The second-order valence-electron chi connectivity index (χ2n) is 6.51. The number of benzene rings is 1. The maximum atomic E-state index is 11.9. The lowest BCUT2D eigenvalue weighted by atomic mass is 10.1. The van der Waals surface area contributed by atoms with Crippen LogP contribution in [-0.2, 0) is 14.3 Å². The molecule has 1 aromatic carbocycles. The van der Waals surface area contributed by atoms with Crippen LogP contribution in [-0.4, -0.2) is 18.5 Å². The third-order valence-electron chi connectivity index (χ3n) is 4.30. The van der Waals surface area contributed by atoms with Gasteiger partial charge in [0.25, 0.3) is 0 Å². The number of carbonyl (C=O) groups excluding carboxylic acids is 2. The fourth-order valence-electron chi connectivity index (χ4n) is 2.51. The van der Waals surface area contributed by atoms with Crippen LogP contribution < -0.4 is 4.74 Å². The summed E-state index contributed by atoms with van der Waals surface area (Å²) in [4.78, 5) is 23.5.